The van der Waals surface area contributed by atoms with Crippen molar-refractivity contribution >= 4 is 0 Å². The molecule has 0 unspecified atom stereocenters. The first-order valence-corrected chi connectivity index (χ1v) is 8.95. The molecule has 0 bridgehead atoms. The smallest absolute Gasteiger partial charge is 0.118 e. The second-order valence-electron chi connectivity index (χ2n) is 6.53. The molecule has 3 rings (SSSR count). The number of benzene rings is 2. The maximum absolute atomic E-state index is 5.27. The molecule has 3 heteroatoms. The number of rotatable bonds is 7. The summed E-state index contributed by atoms with van der Waals surface area (Å²) in [7, 11) is 3.41. The second kappa shape index (κ2) is 8.72. The lowest BCUT2D eigenvalue weighted by Gasteiger charge is -2.31. The lowest BCUT2D eigenvalue weighted by Crippen LogP contribution is -2.34. The van der Waals surface area contributed by atoms with Crippen LogP contribution in [0.4, 0.5) is 0 Å². The van der Waals surface area contributed by atoms with E-state index in [1.165, 1.54) is 30.4 Å². The van der Waals surface area contributed by atoms with E-state index < -0.39 is 0 Å². The van der Waals surface area contributed by atoms with Gasteiger partial charge in [0.05, 0.1) is 14.2 Å². The molecule has 0 amide bonds. The molecule has 132 valence electrons. The first-order valence-electron chi connectivity index (χ1n) is 8.95. The van der Waals surface area contributed by atoms with Crippen LogP contribution in [0.2, 0.25) is 0 Å². The standard InChI is InChI=1S/C22H27NO2/c1-24-21-12-8-18(9-13-21)16-23(20-6-4-3-5-7-20)17-19-10-14-22(25-2)15-11-19/h4,6,8-15,20H,3,5,7,16-17H2,1-2H3/t20-/m1/s1. The van der Waals surface area contributed by atoms with Crippen molar-refractivity contribution in [2.45, 2.75) is 38.4 Å². The topological polar surface area (TPSA) is 21.7 Å². The number of ether oxygens (including phenoxy) is 2. The minimum atomic E-state index is 0.498. The Labute approximate surface area is 150 Å². The highest BCUT2D eigenvalue weighted by molar-refractivity contribution is 5.29. The molecule has 1 atom stereocenters. The Balaban J connectivity index is 1.75. The van der Waals surface area contributed by atoms with E-state index >= 15 is 0 Å². The van der Waals surface area contributed by atoms with Gasteiger partial charge in [0.15, 0.2) is 0 Å². The molecule has 0 saturated heterocycles. The van der Waals surface area contributed by atoms with Crippen molar-refractivity contribution < 1.29 is 9.47 Å². The summed E-state index contributed by atoms with van der Waals surface area (Å²) in [6.45, 7) is 1.87. The Morgan fingerprint density at radius 3 is 1.76 bits per heavy atom. The fourth-order valence-corrected chi connectivity index (χ4v) is 3.32. The zero-order valence-electron chi connectivity index (χ0n) is 15.2. The lowest BCUT2D eigenvalue weighted by molar-refractivity contribution is 0.196. The number of allylic oxidation sites excluding steroid dienone is 1. The van der Waals surface area contributed by atoms with Crippen LogP contribution in [0.1, 0.15) is 30.4 Å². The molecule has 2 aromatic carbocycles. The van der Waals surface area contributed by atoms with Crippen LogP contribution in [0.5, 0.6) is 11.5 Å². The molecule has 0 heterocycles. The van der Waals surface area contributed by atoms with E-state index in [1.807, 2.05) is 24.3 Å². The molecule has 2 aromatic rings. The van der Waals surface area contributed by atoms with Gasteiger partial charge in [-0.3, -0.25) is 4.90 Å². The van der Waals surface area contributed by atoms with Crippen molar-refractivity contribution in [1.82, 2.24) is 4.90 Å². The zero-order valence-corrected chi connectivity index (χ0v) is 15.2. The van der Waals surface area contributed by atoms with Crippen LogP contribution >= 0.6 is 0 Å². The molecule has 0 aromatic heterocycles. The highest BCUT2D eigenvalue weighted by Gasteiger charge is 2.18. The fraction of sp³-hybridized carbons (Fsp3) is 0.364. The van der Waals surface area contributed by atoms with E-state index in [-0.39, 0.29) is 0 Å². The van der Waals surface area contributed by atoms with Crippen molar-refractivity contribution in [3.05, 3.63) is 71.8 Å². The van der Waals surface area contributed by atoms with Gasteiger partial charge in [-0.25, -0.2) is 0 Å². The molecule has 1 aliphatic rings. The van der Waals surface area contributed by atoms with E-state index in [2.05, 4.69) is 41.3 Å². The molecule has 0 radical (unpaired) electrons. The summed E-state index contributed by atoms with van der Waals surface area (Å²) in [5, 5.41) is 0. The predicted octanol–water partition coefficient (Wildman–Crippen LogP) is 4.81. The Morgan fingerprint density at radius 2 is 1.36 bits per heavy atom. The monoisotopic (exact) mass is 337 g/mol. The molecular weight excluding hydrogens is 310 g/mol. The number of hydrogen-bond donors (Lipinski definition) is 0. The van der Waals surface area contributed by atoms with Gasteiger partial charge < -0.3 is 9.47 Å². The zero-order chi connectivity index (χ0) is 17.5. The van der Waals surface area contributed by atoms with Gasteiger partial charge in [-0.2, -0.15) is 0 Å². The molecular formula is C22H27NO2. The maximum atomic E-state index is 5.27. The average molecular weight is 337 g/mol. The largest absolute Gasteiger partial charge is 0.497 e. The molecule has 1 aliphatic carbocycles. The summed E-state index contributed by atoms with van der Waals surface area (Å²) in [6.07, 6.45) is 8.39. The van der Waals surface area contributed by atoms with Crippen molar-refractivity contribution in [3.63, 3.8) is 0 Å². The Bertz CT molecular complexity index is 627. The molecule has 0 N–H and O–H groups in total. The van der Waals surface area contributed by atoms with Gasteiger partial charge >= 0.3 is 0 Å². The van der Waals surface area contributed by atoms with Crippen molar-refractivity contribution in [3.8, 4) is 11.5 Å². The van der Waals surface area contributed by atoms with Crippen molar-refractivity contribution in [1.29, 1.82) is 0 Å². The molecule has 0 fully saturated rings. The normalized spacial score (nSPS) is 16.8. The van der Waals surface area contributed by atoms with Gasteiger partial charge in [-0.1, -0.05) is 36.4 Å². The minimum absolute atomic E-state index is 0.498. The van der Waals surface area contributed by atoms with E-state index in [1.54, 1.807) is 14.2 Å². The number of hydrogen-bond acceptors (Lipinski definition) is 3. The molecule has 3 nitrogen and oxygen atoms in total. The summed E-state index contributed by atoms with van der Waals surface area (Å²) in [5.41, 5.74) is 2.63. The van der Waals surface area contributed by atoms with Crippen LogP contribution in [0, 0.1) is 0 Å². The SMILES string of the molecule is COc1ccc(CN(Cc2ccc(OC)cc2)[C@@H]2C=CCCC2)cc1. The van der Waals surface area contributed by atoms with Crippen molar-refractivity contribution in [2.75, 3.05) is 14.2 Å². The Kier molecular flexibility index (Phi) is 6.13. The quantitative estimate of drug-likeness (QED) is 0.677. The van der Waals surface area contributed by atoms with E-state index in [9.17, 15) is 0 Å². The summed E-state index contributed by atoms with van der Waals surface area (Å²) in [5.74, 6) is 1.81. The Morgan fingerprint density at radius 1 is 0.840 bits per heavy atom. The number of nitrogens with zero attached hydrogens (tertiary/aromatic N) is 1. The van der Waals surface area contributed by atoms with Crippen LogP contribution in [-0.2, 0) is 13.1 Å². The minimum Gasteiger partial charge on any atom is -0.497 e. The maximum Gasteiger partial charge on any atom is 0.118 e. The van der Waals surface area contributed by atoms with Gasteiger partial charge in [0.1, 0.15) is 11.5 Å². The highest BCUT2D eigenvalue weighted by atomic mass is 16.5. The van der Waals surface area contributed by atoms with Crippen LogP contribution in [0.15, 0.2) is 60.7 Å². The third-order valence-electron chi connectivity index (χ3n) is 4.79. The van der Waals surface area contributed by atoms with Gasteiger partial charge in [0, 0.05) is 19.1 Å². The second-order valence-corrected chi connectivity index (χ2v) is 6.53. The predicted molar refractivity (Wildman–Crippen MR) is 102 cm³/mol. The van der Waals surface area contributed by atoms with Gasteiger partial charge in [-0.05, 0) is 54.7 Å². The van der Waals surface area contributed by atoms with E-state index in [0.29, 0.717) is 6.04 Å². The summed E-state index contributed by atoms with van der Waals surface area (Å²) >= 11 is 0. The number of methoxy groups -OCH3 is 2. The van der Waals surface area contributed by atoms with Crippen LogP contribution in [0.25, 0.3) is 0 Å². The summed E-state index contributed by atoms with van der Waals surface area (Å²) < 4.78 is 10.5. The van der Waals surface area contributed by atoms with Gasteiger partial charge in [0.2, 0.25) is 0 Å². The fourth-order valence-electron chi connectivity index (χ4n) is 3.32. The molecule has 0 aliphatic heterocycles. The summed E-state index contributed by atoms with van der Waals surface area (Å²) in [4.78, 5) is 2.55. The Hall–Kier alpha value is -2.26. The van der Waals surface area contributed by atoms with Gasteiger partial charge in [-0.15, -0.1) is 0 Å². The molecule has 0 saturated carbocycles. The lowest BCUT2D eigenvalue weighted by atomic mass is 10.00. The third kappa shape index (κ3) is 4.86. The van der Waals surface area contributed by atoms with E-state index in [0.717, 1.165) is 24.6 Å². The average Bonchev–Trinajstić information content (AvgIpc) is 2.69. The molecule has 25 heavy (non-hydrogen) atoms. The molecule has 0 spiro atoms. The first kappa shape index (κ1) is 17.6. The summed E-state index contributed by atoms with van der Waals surface area (Å²) in [6, 6.07) is 17.3. The first-order chi connectivity index (χ1) is 12.3. The van der Waals surface area contributed by atoms with Crippen LogP contribution in [-0.4, -0.2) is 25.2 Å². The van der Waals surface area contributed by atoms with Crippen LogP contribution < -0.4 is 9.47 Å². The highest BCUT2D eigenvalue weighted by Crippen LogP contribution is 2.23. The van der Waals surface area contributed by atoms with E-state index in [4.69, 9.17) is 9.47 Å². The van der Waals surface area contributed by atoms with Gasteiger partial charge in [0.25, 0.3) is 0 Å². The van der Waals surface area contributed by atoms with Crippen LogP contribution in [0.3, 0.4) is 0 Å². The van der Waals surface area contributed by atoms with Crippen molar-refractivity contribution in [2.24, 2.45) is 0 Å². The third-order valence-corrected chi connectivity index (χ3v) is 4.79.